The van der Waals surface area contributed by atoms with Crippen molar-refractivity contribution in [1.29, 1.82) is 0 Å². The molecule has 38 heavy (non-hydrogen) atoms. The van der Waals surface area contributed by atoms with Crippen molar-refractivity contribution in [2.45, 2.75) is 41.0 Å². The van der Waals surface area contributed by atoms with E-state index in [0.29, 0.717) is 17.1 Å². The average Bonchev–Trinajstić information content (AvgIpc) is 3.21. The van der Waals surface area contributed by atoms with E-state index in [9.17, 15) is 5.11 Å². The van der Waals surface area contributed by atoms with Gasteiger partial charge in [0.05, 0.1) is 0 Å². The first-order chi connectivity index (χ1) is 17.8. The standard InChI is InChI=1S/C32H28N3O2.Pt/c1-6-22-8-10-26-25(16-22)29-20(4)15-24(17-27(29)35(26)28-13-18(2)11-12-33-28)37-32-21(5)14-23-9-7-19(3)31(36)30(23)34-32;/h7-16,36H,6H2,1-5H3;/q-1;. The topological polar surface area (TPSA) is 60.2 Å². The summed E-state index contributed by atoms with van der Waals surface area (Å²) in [6.45, 7) is 10.2. The second kappa shape index (κ2) is 9.88. The van der Waals surface area contributed by atoms with Gasteiger partial charge in [0.15, 0.2) is 0 Å². The summed E-state index contributed by atoms with van der Waals surface area (Å²) in [4.78, 5) is 9.38. The minimum Gasteiger partial charge on any atom is -0.505 e. The van der Waals surface area contributed by atoms with Crippen LogP contribution in [0.15, 0.2) is 60.8 Å². The number of rotatable bonds is 4. The SMILES string of the molecule is CCc1ccc2c(c1)c1c(C)cc(Oc3nc4c(O)c(C)ccc4cc3C)[c-]c1n2-c1cc(C)ccn1.[Pt]. The van der Waals surface area contributed by atoms with E-state index in [4.69, 9.17) is 9.72 Å². The third-order valence-corrected chi connectivity index (χ3v) is 7.07. The molecule has 0 saturated carbocycles. The van der Waals surface area contributed by atoms with Crippen LogP contribution in [0.1, 0.15) is 34.7 Å². The Morgan fingerprint density at radius 1 is 0.921 bits per heavy atom. The molecule has 0 radical (unpaired) electrons. The predicted octanol–water partition coefficient (Wildman–Crippen LogP) is 7.82. The van der Waals surface area contributed by atoms with Gasteiger partial charge in [-0.15, -0.1) is 17.7 Å². The average molecular weight is 682 g/mol. The second-order valence-corrected chi connectivity index (χ2v) is 9.79. The van der Waals surface area contributed by atoms with E-state index in [2.05, 4.69) is 60.7 Å². The molecule has 6 rings (SSSR count). The number of benzene rings is 3. The van der Waals surface area contributed by atoms with Gasteiger partial charge in [-0.1, -0.05) is 49.0 Å². The van der Waals surface area contributed by atoms with E-state index in [-0.39, 0.29) is 26.8 Å². The van der Waals surface area contributed by atoms with Gasteiger partial charge >= 0.3 is 0 Å². The van der Waals surface area contributed by atoms with Gasteiger partial charge in [-0.05, 0) is 73.5 Å². The molecule has 194 valence electrons. The molecule has 0 amide bonds. The molecule has 0 aliphatic heterocycles. The van der Waals surface area contributed by atoms with Crippen LogP contribution in [0.2, 0.25) is 0 Å². The molecule has 3 aromatic carbocycles. The van der Waals surface area contributed by atoms with Crippen LogP contribution < -0.4 is 4.74 Å². The number of nitrogens with zero attached hydrogens (tertiary/aromatic N) is 3. The maximum Gasteiger partial charge on any atom is 0.220 e. The van der Waals surface area contributed by atoms with Gasteiger partial charge in [0.1, 0.15) is 17.1 Å². The fraction of sp³-hybridized carbons (Fsp3) is 0.188. The molecular weight excluding hydrogens is 653 g/mol. The minimum absolute atomic E-state index is 0. The van der Waals surface area contributed by atoms with Crippen molar-refractivity contribution in [3.05, 3.63) is 94.7 Å². The van der Waals surface area contributed by atoms with Crippen LogP contribution in [-0.2, 0) is 27.5 Å². The summed E-state index contributed by atoms with van der Waals surface area (Å²) in [6.07, 6.45) is 2.81. The zero-order valence-electron chi connectivity index (χ0n) is 22.0. The molecular formula is C32H28N3O2Pt-. The van der Waals surface area contributed by atoms with E-state index in [1.165, 1.54) is 10.9 Å². The number of hydrogen-bond donors (Lipinski definition) is 1. The maximum absolute atomic E-state index is 10.6. The van der Waals surface area contributed by atoms with Crippen LogP contribution in [0, 0.1) is 33.8 Å². The first-order valence-electron chi connectivity index (χ1n) is 12.5. The van der Waals surface area contributed by atoms with Gasteiger partial charge in [-0.3, -0.25) is 0 Å². The molecule has 0 aliphatic rings. The Morgan fingerprint density at radius 3 is 2.50 bits per heavy atom. The Balaban J connectivity index is 0.00000294. The molecule has 3 heterocycles. The van der Waals surface area contributed by atoms with Crippen LogP contribution in [0.25, 0.3) is 38.5 Å². The molecule has 0 aliphatic carbocycles. The number of aromatic nitrogens is 3. The summed E-state index contributed by atoms with van der Waals surface area (Å²) >= 11 is 0. The Kier molecular flexibility index (Phi) is 6.75. The Morgan fingerprint density at radius 2 is 1.74 bits per heavy atom. The molecule has 5 nitrogen and oxygen atoms in total. The van der Waals surface area contributed by atoms with Crippen molar-refractivity contribution in [2.24, 2.45) is 0 Å². The van der Waals surface area contributed by atoms with Crippen LogP contribution in [0.5, 0.6) is 17.4 Å². The van der Waals surface area contributed by atoms with E-state index in [1.54, 1.807) is 0 Å². The van der Waals surface area contributed by atoms with Gasteiger partial charge in [0.25, 0.3) is 0 Å². The largest absolute Gasteiger partial charge is 0.505 e. The number of aromatic hydroxyl groups is 1. The van der Waals surface area contributed by atoms with Crippen LogP contribution in [0.4, 0.5) is 0 Å². The molecule has 0 fully saturated rings. The van der Waals surface area contributed by atoms with E-state index in [1.807, 2.05) is 50.4 Å². The number of hydrogen-bond acceptors (Lipinski definition) is 4. The van der Waals surface area contributed by atoms with Gasteiger partial charge in [0.2, 0.25) is 5.88 Å². The van der Waals surface area contributed by atoms with Crippen molar-refractivity contribution < 1.29 is 30.9 Å². The van der Waals surface area contributed by atoms with E-state index >= 15 is 0 Å². The van der Waals surface area contributed by atoms with Crippen LogP contribution >= 0.6 is 0 Å². The number of fused-ring (bicyclic) bond motifs is 4. The van der Waals surface area contributed by atoms with Crippen molar-refractivity contribution in [2.75, 3.05) is 0 Å². The zero-order valence-corrected chi connectivity index (χ0v) is 24.3. The zero-order chi connectivity index (χ0) is 25.8. The van der Waals surface area contributed by atoms with Gasteiger partial charge in [-0.2, -0.15) is 0 Å². The van der Waals surface area contributed by atoms with Crippen LogP contribution in [-0.4, -0.2) is 19.6 Å². The molecule has 1 N–H and O–H groups in total. The molecule has 3 aromatic heterocycles. The first kappa shape index (κ1) is 25.9. The van der Waals surface area contributed by atoms with Crippen LogP contribution in [0.3, 0.4) is 0 Å². The normalized spacial score (nSPS) is 11.3. The van der Waals surface area contributed by atoms with Crippen molar-refractivity contribution in [3.63, 3.8) is 0 Å². The van der Waals surface area contributed by atoms with Crippen molar-refractivity contribution >= 4 is 32.7 Å². The summed E-state index contributed by atoms with van der Waals surface area (Å²) in [6, 6.07) is 22.1. The smallest absolute Gasteiger partial charge is 0.220 e. The van der Waals surface area contributed by atoms with E-state index < -0.39 is 0 Å². The summed E-state index contributed by atoms with van der Waals surface area (Å²) in [5.41, 5.74) is 7.70. The van der Waals surface area contributed by atoms with Crippen molar-refractivity contribution in [1.82, 2.24) is 14.5 Å². The number of phenols is 1. The third-order valence-electron chi connectivity index (χ3n) is 7.07. The molecule has 0 saturated heterocycles. The molecule has 6 aromatic rings. The number of aryl methyl sites for hydroxylation is 5. The monoisotopic (exact) mass is 681 g/mol. The molecule has 0 atom stereocenters. The third kappa shape index (κ3) is 4.25. The maximum atomic E-state index is 10.6. The summed E-state index contributed by atoms with van der Waals surface area (Å²) < 4.78 is 8.50. The summed E-state index contributed by atoms with van der Waals surface area (Å²) in [7, 11) is 0. The second-order valence-electron chi connectivity index (χ2n) is 9.79. The van der Waals surface area contributed by atoms with Crippen molar-refractivity contribution in [3.8, 4) is 23.2 Å². The number of ether oxygens (including phenoxy) is 1. The van der Waals surface area contributed by atoms with Gasteiger partial charge in [0, 0.05) is 49.5 Å². The fourth-order valence-corrected chi connectivity index (χ4v) is 5.06. The Bertz CT molecular complexity index is 1860. The van der Waals surface area contributed by atoms with Gasteiger partial charge in [-0.25, -0.2) is 9.97 Å². The minimum atomic E-state index is 0. The summed E-state index contributed by atoms with van der Waals surface area (Å²) in [5, 5.41) is 13.8. The molecule has 0 unspecified atom stereocenters. The molecule has 0 spiro atoms. The number of pyridine rings is 2. The first-order valence-corrected chi connectivity index (χ1v) is 12.5. The fourth-order valence-electron chi connectivity index (χ4n) is 5.06. The molecule has 0 bridgehead atoms. The predicted molar refractivity (Wildman–Crippen MR) is 149 cm³/mol. The number of phenolic OH excluding ortho intramolecular Hbond substituents is 1. The Hall–Kier alpha value is -3.69. The Labute approximate surface area is 236 Å². The van der Waals surface area contributed by atoms with E-state index in [0.717, 1.165) is 56.3 Å². The van der Waals surface area contributed by atoms with Gasteiger partial charge < -0.3 is 14.4 Å². The quantitative estimate of drug-likeness (QED) is 0.193. The molecule has 6 heteroatoms. The summed E-state index contributed by atoms with van der Waals surface area (Å²) in [5.74, 6) is 2.04.